The molecule has 0 unspecified atom stereocenters. The van der Waals surface area contributed by atoms with Gasteiger partial charge in [0.25, 0.3) is 0 Å². The van der Waals surface area contributed by atoms with E-state index in [0.29, 0.717) is 6.61 Å². The average Bonchev–Trinajstić information content (AvgIpc) is 3.11. The molecule has 0 bridgehead atoms. The Bertz CT molecular complexity index is 609. The van der Waals surface area contributed by atoms with Crippen molar-refractivity contribution in [3.8, 4) is 5.75 Å². The normalized spacial score (nSPS) is 14.2. The Morgan fingerprint density at radius 3 is 2.74 bits per heavy atom. The first kappa shape index (κ1) is 15.8. The molecule has 122 valence electrons. The number of ether oxygens (including phenoxy) is 1. The Morgan fingerprint density at radius 1 is 1.13 bits per heavy atom. The maximum Gasteiger partial charge on any atom is 0.142 e. The summed E-state index contributed by atoms with van der Waals surface area (Å²) in [5.74, 6) is 1.01. The van der Waals surface area contributed by atoms with Crippen molar-refractivity contribution in [1.82, 2.24) is 10.3 Å². The predicted molar refractivity (Wildman–Crippen MR) is 93.8 cm³/mol. The number of aromatic nitrogens is 1. The summed E-state index contributed by atoms with van der Waals surface area (Å²) in [5.41, 5.74) is 3.54. The van der Waals surface area contributed by atoms with Gasteiger partial charge in [-0.05, 0) is 49.6 Å². The fraction of sp³-hybridized carbons (Fsp3) is 0.421. The van der Waals surface area contributed by atoms with Crippen LogP contribution in [0.5, 0.6) is 5.75 Å². The van der Waals surface area contributed by atoms with E-state index in [1.165, 1.54) is 24.1 Å². The molecule has 3 rings (SSSR count). The quantitative estimate of drug-likeness (QED) is 0.851. The van der Waals surface area contributed by atoms with Crippen LogP contribution in [0, 0.1) is 0 Å². The van der Waals surface area contributed by atoms with Crippen LogP contribution in [0.4, 0.5) is 5.69 Å². The van der Waals surface area contributed by atoms with Crippen LogP contribution in [-0.2, 0) is 13.1 Å². The van der Waals surface area contributed by atoms with Crippen molar-refractivity contribution in [3.05, 3.63) is 53.9 Å². The molecule has 0 amide bonds. The highest BCUT2D eigenvalue weighted by molar-refractivity contribution is 5.60. The molecule has 1 aliphatic rings. The van der Waals surface area contributed by atoms with Crippen molar-refractivity contribution >= 4 is 5.69 Å². The number of rotatable bonds is 7. The molecule has 1 aromatic heterocycles. The number of hydrogen-bond acceptors (Lipinski definition) is 4. The van der Waals surface area contributed by atoms with Crippen molar-refractivity contribution in [2.24, 2.45) is 0 Å². The minimum absolute atomic E-state index is 0.700. The van der Waals surface area contributed by atoms with Gasteiger partial charge in [0.1, 0.15) is 5.75 Å². The number of pyridine rings is 1. The molecule has 1 aromatic carbocycles. The number of nitrogens with one attached hydrogen (secondary N) is 1. The second kappa shape index (κ2) is 7.97. The lowest BCUT2D eigenvalue weighted by Gasteiger charge is -2.22. The Morgan fingerprint density at radius 2 is 2.00 bits per heavy atom. The standard InChI is InChI=1S/C19H25N3O/c1-2-23-19-13-16(8-9-18(19)22-11-5-6-12-22)14-20-15-17-7-3-4-10-21-17/h3-4,7-10,13,20H,2,5-6,11-12,14-15H2,1H3. The molecule has 0 radical (unpaired) electrons. The third-order valence-corrected chi connectivity index (χ3v) is 4.13. The Kier molecular flexibility index (Phi) is 5.48. The van der Waals surface area contributed by atoms with E-state index in [9.17, 15) is 0 Å². The highest BCUT2D eigenvalue weighted by Crippen LogP contribution is 2.32. The molecule has 2 aromatic rings. The summed E-state index contributed by atoms with van der Waals surface area (Å²) in [5, 5.41) is 3.44. The van der Waals surface area contributed by atoms with Gasteiger partial charge >= 0.3 is 0 Å². The molecule has 4 heteroatoms. The van der Waals surface area contributed by atoms with Gasteiger partial charge in [-0.25, -0.2) is 0 Å². The second-order valence-electron chi connectivity index (χ2n) is 5.85. The molecule has 4 nitrogen and oxygen atoms in total. The molecule has 1 N–H and O–H groups in total. The molecular formula is C19H25N3O. The SMILES string of the molecule is CCOc1cc(CNCc2ccccn2)ccc1N1CCCC1. The van der Waals surface area contributed by atoms with Crippen molar-refractivity contribution in [2.45, 2.75) is 32.9 Å². The lowest BCUT2D eigenvalue weighted by molar-refractivity contribution is 0.340. The van der Waals surface area contributed by atoms with E-state index in [1.807, 2.05) is 31.3 Å². The average molecular weight is 311 g/mol. The van der Waals surface area contributed by atoms with Gasteiger partial charge in [-0.15, -0.1) is 0 Å². The second-order valence-corrected chi connectivity index (χ2v) is 5.85. The summed E-state index contributed by atoms with van der Waals surface area (Å²) < 4.78 is 5.87. The molecule has 0 saturated carbocycles. The van der Waals surface area contributed by atoms with Crippen LogP contribution >= 0.6 is 0 Å². The Labute approximate surface area is 138 Å². The fourth-order valence-electron chi connectivity index (χ4n) is 3.00. The summed E-state index contributed by atoms with van der Waals surface area (Å²) in [6.45, 7) is 6.61. The molecule has 2 heterocycles. The number of anilines is 1. The van der Waals surface area contributed by atoms with Gasteiger partial charge in [0.2, 0.25) is 0 Å². The first-order valence-corrected chi connectivity index (χ1v) is 8.48. The topological polar surface area (TPSA) is 37.4 Å². The van der Waals surface area contributed by atoms with Crippen LogP contribution in [0.1, 0.15) is 31.0 Å². The highest BCUT2D eigenvalue weighted by atomic mass is 16.5. The largest absolute Gasteiger partial charge is 0.492 e. The number of nitrogens with zero attached hydrogens (tertiary/aromatic N) is 2. The maximum atomic E-state index is 5.87. The molecule has 1 aliphatic heterocycles. The molecule has 0 aliphatic carbocycles. The van der Waals surface area contributed by atoms with E-state index in [-0.39, 0.29) is 0 Å². The summed E-state index contributed by atoms with van der Waals surface area (Å²) >= 11 is 0. The van der Waals surface area contributed by atoms with Gasteiger partial charge in [-0.2, -0.15) is 0 Å². The van der Waals surface area contributed by atoms with E-state index >= 15 is 0 Å². The first-order valence-electron chi connectivity index (χ1n) is 8.48. The van der Waals surface area contributed by atoms with Gasteiger partial charge in [-0.3, -0.25) is 4.98 Å². The van der Waals surface area contributed by atoms with E-state index in [0.717, 1.165) is 37.6 Å². The van der Waals surface area contributed by atoms with E-state index in [2.05, 4.69) is 33.4 Å². The third kappa shape index (κ3) is 4.23. The minimum atomic E-state index is 0.700. The minimum Gasteiger partial charge on any atom is -0.492 e. The molecule has 0 atom stereocenters. The molecule has 0 spiro atoms. The zero-order valence-electron chi connectivity index (χ0n) is 13.8. The van der Waals surface area contributed by atoms with Crippen LogP contribution in [0.2, 0.25) is 0 Å². The maximum absolute atomic E-state index is 5.87. The summed E-state index contributed by atoms with van der Waals surface area (Å²) in [6, 6.07) is 12.6. The molecular weight excluding hydrogens is 286 g/mol. The van der Waals surface area contributed by atoms with Crippen LogP contribution in [0.15, 0.2) is 42.6 Å². The molecule has 1 fully saturated rings. The van der Waals surface area contributed by atoms with Gasteiger partial charge in [0.05, 0.1) is 18.0 Å². The predicted octanol–water partition coefficient (Wildman–Crippen LogP) is 3.37. The monoisotopic (exact) mass is 311 g/mol. The van der Waals surface area contributed by atoms with E-state index in [1.54, 1.807) is 0 Å². The first-order chi connectivity index (χ1) is 11.4. The molecule has 1 saturated heterocycles. The van der Waals surface area contributed by atoms with Crippen molar-refractivity contribution in [1.29, 1.82) is 0 Å². The zero-order valence-corrected chi connectivity index (χ0v) is 13.8. The van der Waals surface area contributed by atoms with Crippen LogP contribution < -0.4 is 15.0 Å². The van der Waals surface area contributed by atoms with Crippen LogP contribution in [0.3, 0.4) is 0 Å². The van der Waals surface area contributed by atoms with Gasteiger partial charge in [-0.1, -0.05) is 12.1 Å². The lowest BCUT2D eigenvalue weighted by Crippen LogP contribution is -2.19. The fourth-order valence-corrected chi connectivity index (χ4v) is 3.00. The zero-order chi connectivity index (χ0) is 15.9. The number of hydrogen-bond donors (Lipinski definition) is 1. The highest BCUT2D eigenvalue weighted by Gasteiger charge is 2.16. The van der Waals surface area contributed by atoms with Crippen molar-refractivity contribution in [2.75, 3.05) is 24.6 Å². The smallest absolute Gasteiger partial charge is 0.142 e. The van der Waals surface area contributed by atoms with E-state index in [4.69, 9.17) is 4.74 Å². The Balaban J connectivity index is 1.64. The summed E-state index contributed by atoms with van der Waals surface area (Å²) in [6.07, 6.45) is 4.38. The van der Waals surface area contributed by atoms with Gasteiger partial charge in [0, 0.05) is 32.4 Å². The summed E-state index contributed by atoms with van der Waals surface area (Å²) in [4.78, 5) is 6.76. The third-order valence-electron chi connectivity index (χ3n) is 4.13. The lowest BCUT2D eigenvalue weighted by atomic mass is 10.1. The van der Waals surface area contributed by atoms with Gasteiger partial charge < -0.3 is 15.0 Å². The van der Waals surface area contributed by atoms with Crippen molar-refractivity contribution in [3.63, 3.8) is 0 Å². The van der Waals surface area contributed by atoms with Gasteiger partial charge in [0.15, 0.2) is 0 Å². The number of benzene rings is 1. The van der Waals surface area contributed by atoms with Crippen LogP contribution in [-0.4, -0.2) is 24.7 Å². The molecule has 23 heavy (non-hydrogen) atoms. The summed E-state index contributed by atoms with van der Waals surface area (Å²) in [7, 11) is 0. The van der Waals surface area contributed by atoms with Crippen molar-refractivity contribution < 1.29 is 4.74 Å². The van der Waals surface area contributed by atoms with E-state index < -0.39 is 0 Å². The van der Waals surface area contributed by atoms with Crippen LogP contribution in [0.25, 0.3) is 0 Å². The Hall–Kier alpha value is -2.07.